The van der Waals surface area contributed by atoms with Crippen molar-refractivity contribution in [1.82, 2.24) is 4.98 Å². The number of hydrogen-bond donors (Lipinski definition) is 2. The van der Waals surface area contributed by atoms with Crippen molar-refractivity contribution in [2.75, 3.05) is 14.2 Å². The number of rotatable bonds is 7. The average Bonchev–Trinajstić information content (AvgIpc) is 2.87. The molecule has 1 heterocycles. The van der Waals surface area contributed by atoms with E-state index in [-0.39, 0.29) is 17.9 Å². The van der Waals surface area contributed by atoms with Crippen LogP contribution in [0.3, 0.4) is 0 Å². The minimum Gasteiger partial charge on any atom is -0.493 e. The maximum Gasteiger partial charge on any atom is 0.352 e. The number of carbonyl (C=O) groups is 2. The third kappa shape index (κ3) is 3.27. The summed E-state index contributed by atoms with van der Waals surface area (Å²) >= 11 is 0. The van der Waals surface area contributed by atoms with Crippen LogP contribution in [0.5, 0.6) is 11.5 Å². The van der Waals surface area contributed by atoms with Gasteiger partial charge >= 0.3 is 5.97 Å². The standard InChI is InChI=1S/C18H21NO5/c1-10-11(2)16(18(21)22)19-15(10)13(20)9-8-12-6-5-7-14(23-3)17(12)24-4/h5-7,19H,8-9H2,1-4H3,(H,21,22). The fraction of sp³-hybridized carbons (Fsp3) is 0.333. The number of ketones is 1. The first-order chi connectivity index (χ1) is 11.4. The summed E-state index contributed by atoms with van der Waals surface area (Å²) in [5, 5.41) is 9.15. The van der Waals surface area contributed by atoms with E-state index in [9.17, 15) is 9.59 Å². The van der Waals surface area contributed by atoms with Crippen LogP contribution in [0, 0.1) is 13.8 Å². The van der Waals surface area contributed by atoms with Crippen molar-refractivity contribution in [2.24, 2.45) is 0 Å². The Bertz CT molecular complexity index is 776. The Kier molecular flexibility index (Phi) is 5.28. The fourth-order valence-electron chi connectivity index (χ4n) is 2.70. The molecule has 2 rings (SSSR count). The number of Topliss-reactive ketones (excluding diaryl/α,β-unsaturated/α-hetero) is 1. The van der Waals surface area contributed by atoms with Crippen LogP contribution < -0.4 is 9.47 Å². The van der Waals surface area contributed by atoms with Gasteiger partial charge < -0.3 is 19.6 Å². The Labute approximate surface area is 140 Å². The van der Waals surface area contributed by atoms with E-state index in [2.05, 4.69) is 4.98 Å². The Hall–Kier alpha value is -2.76. The van der Waals surface area contributed by atoms with Gasteiger partial charge in [0.1, 0.15) is 5.69 Å². The second-order valence-electron chi connectivity index (χ2n) is 5.51. The van der Waals surface area contributed by atoms with E-state index in [1.807, 2.05) is 12.1 Å². The molecule has 0 aliphatic carbocycles. The minimum absolute atomic E-state index is 0.0646. The van der Waals surface area contributed by atoms with Gasteiger partial charge in [-0.3, -0.25) is 4.79 Å². The molecule has 0 bridgehead atoms. The van der Waals surface area contributed by atoms with Crippen LogP contribution >= 0.6 is 0 Å². The molecule has 0 aliphatic rings. The number of aromatic amines is 1. The lowest BCUT2D eigenvalue weighted by molar-refractivity contribution is 0.0690. The van der Waals surface area contributed by atoms with Crippen molar-refractivity contribution in [3.63, 3.8) is 0 Å². The highest BCUT2D eigenvalue weighted by molar-refractivity contribution is 5.99. The number of H-pyrrole nitrogens is 1. The molecule has 1 aromatic carbocycles. The van der Waals surface area contributed by atoms with Crippen molar-refractivity contribution in [3.05, 3.63) is 46.3 Å². The van der Waals surface area contributed by atoms with Gasteiger partial charge in [-0.05, 0) is 43.0 Å². The van der Waals surface area contributed by atoms with E-state index in [1.54, 1.807) is 34.1 Å². The first kappa shape index (κ1) is 17.6. The minimum atomic E-state index is -1.07. The van der Waals surface area contributed by atoms with E-state index >= 15 is 0 Å². The molecular formula is C18H21NO5. The topological polar surface area (TPSA) is 88.6 Å². The number of aromatic carboxylic acids is 1. The molecular weight excluding hydrogens is 310 g/mol. The van der Waals surface area contributed by atoms with E-state index in [1.165, 1.54) is 0 Å². The molecule has 0 unspecified atom stereocenters. The lowest BCUT2D eigenvalue weighted by Crippen LogP contribution is -2.06. The number of carboxylic acid groups (broad SMARTS) is 1. The van der Waals surface area contributed by atoms with E-state index in [0.717, 1.165) is 5.56 Å². The highest BCUT2D eigenvalue weighted by Crippen LogP contribution is 2.31. The molecule has 0 saturated heterocycles. The van der Waals surface area contributed by atoms with Crippen molar-refractivity contribution < 1.29 is 24.2 Å². The molecule has 0 aliphatic heterocycles. The van der Waals surface area contributed by atoms with Gasteiger partial charge in [0, 0.05) is 6.42 Å². The summed E-state index contributed by atoms with van der Waals surface area (Å²) in [5.74, 6) is 0.0259. The van der Waals surface area contributed by atoms with Crippen LogP contribution in [-0.2, 0) is 6.42 Å². The molecule has 1 aromatic heterocycles. The van der Waals surface area contributed by atoms with E-state index in [0.29, 0.717) is 34.7 Å². The number of methoxy groups -OCH3 is 2. The average molecular weight is 331 g/mol. The summed E-state index contributed by atoms with van der Waals surface area (Å²) in [6.45, 7) is 3.44. The van der Waals surface area contributed by atoms with Crippen LogP contribution in [0.25, 0.3) is 0 Å². The van der Waals surface area contributed by atoms with Gasteiger partial charge in [-0.1, -0.05) is 12.1 Å². The molecule has 0 spiro atoms. The molecule has 6 nitrogen and oxygen atoms in total. The van der Waals surface area contributed by atoms with Gasteiger partial charge in [0.15, 0.2) is 17.3 Å². The molecule has 2 aromatic rings. The number of aromatic nitrogens is 1. The number of para-hydroxylation sites is 1. The Balaban J connectivity index is 2.20. The van der Waals surface area contributed by atoms with Crippen LogP contribution in [0.4, 0.5) is 0 Å². The van der Waals surface area contributed by atoms with Crippen molar-refractivity contribution in [3.8, 4) is 11.5 Å². The summed E-state index contributed by atoms with van der Waals surface area (Å²) < 4.78 is 10.6. The van der Waals surface area contributed by atoms with Crippen LogP contribution in [0.15, 0.2) is 18.2 Å². The highest BCUT2D eigenvalue weighted by atomic mass is 16.5. The molecule has 2 N–H and O–H groups in total. The molecule has 6 heteroatoms. The summed E-state index contributed by atoms with van der Waals surface area (Å²) in [7, 11) is 3.12. The third-order valence-electron chi connectivity index (χ3n) is 4.16. The maximum absolute atomic E-state index is 12.5. The fourth-order valence-corrected chi connectivity index (χ4v) is 2.70. The zero-order valence-electron chi connectivity index (χ0n) is 14.2. The molecule has 0 atom stereocenters. The number of carboxylic acids is 1. The summed E-state index contributed by atoms with van der Waals surface area (Å²) in [6, 6.07) is 5.51. The summed E-state index contributed by atoms with van der Waals surface area (Å²) in [6.07, 6.45) is 0.711. The zero-order chi connectivity index (χ0) is 17.9. The van der Waals surface area contributed by atoms with Gasteiger partial charge in [0.2, 0.25) is 0 Å². The molecule has 0 saturated carbocycles. The van der Waals surface area contributed by atoms with Crippen molar-refractivity contribution in [2.45, 2.75) is 26.7 Å². The Morgan fingerprint density at radius 1 is 1.08 bits per heavy atom. The molecule has 128 valence electrons. The van der Waals surface area contributed by atoms with Gasteiger partial charge in [-0.25, -0.2) is 4.79 Å². The molecule has 0 radical (unpaired) electrons. The van der Waals surface area contributed by atoms with E-state index < -0.39 is 5.97 Å². The molecule has 0 amide bonds. The van der Waals surface area contributed by atoms with Crippen LogP contribution in [-0.4, -0.2) is 36.1 Å². The number of benzene rings is 1. The van der Waals surface area contributed by atoms with E-state index in [4.69, 9.17) is 14.6 Å². The van der Waals surface area contributed by atoms with Crippen molar-refractivity contribution >= 4 is 11.8 Å². The first-order valence-corrected chi connectivity index (χ1v) is 7.56. The monoisotopic (exact) mass is 331 g/mol. The quantitative estimate of drug-likeness (QED) is 0.761. The predicted octanol–water partition coefficient (Wildman–Crippen LogP) is 3.16. The number of nitrogens with one attached hydrogen (secondary N) is 1. The number of ether oxygens (including phenoxy) is 2. The molecule has 0 fully saturated rings. The third-order valence-corrected chi connectivity index (χ3v) is 4.16. The van der Waals surface area contributed by atoms with Crippen molar-refractivity contribution in [1.29, 1.82) is 0 Å². The number of carbonyl (C=O) groups excluding carboxylic acids is 1. The zero-order valence-corrected chi connectivity index (χ0v) is 14.2. The van der Waals surface area contributed by atoms with Gasteiger partial charge in [-0.15, -0.1) is 0 Å². The largest absolute Gasteiger partial charge is 0.493 e. The van der Waals surface area contributed by atoms with Crippen LogP contribution in [0.1, 0.15) is 44.1 Å². The SMILES string of the molecule is COc1cccc(CCC(=O)c2[nH]c(C(=O)O)c(C)c2C)c1OC. The lowest BCUT2D eigenvalue weighted by atomic mass is 10.0. The molecule has 24 heavy (non-hydrogen) atoms. The lowest BCUT2D eigenvalue weighted by Gasteiger charge is -2.12. The predicted molar refractivity (Wildman–Crippen MR) is 89.4 cm³/mol. The van der Waals surface area contributed by atoms with Gasteiger partial charge in [-0.2, -0.15) is 0 Å². The number of hydrogen-bond acceptors (Lipinski definition) is 4. The highest BCUT2D eigenvalue weighted by Gasteiger charge is 2.20. The normalized spacial score (nSPS) is 10.5. The van der Waals surface area contributed by atoms with Gasteiger partial charge in [0.25, 0.3) is 0 Å². The smallest absolute Gasteiger partial charge is 0.352 e. The second-order valence-corrected chi connectivity index (χ2v) is 5.51. The van der Waals surface area contributed by atoms with Crippen LogP contribution in [0.2, 0.25) is 0 Å². The Morgan fingerprint density at radius 2 is 1.75 bits per heavy atom. The number of aryl methyl sites for hydroxylation is 1. The Morgan fingerprint density at radius 3 is 2.29 bits per heavy atom. The van der Waals surface area contributed by atoms with Gasteiger partial charge in [0.05, 0.1) is 19.9 Å². The first-order valence-electron chi connectivity index (χ1n) is 7.56. The summed E-state index contributed by atoms with van der Waals surface area (Å²) in [4.78, 5) is 26.4. The second kappa shape index (κ2) is 7.21. The maximum atomic E-state index is 12.5. The summed E-state index contributed by atoms with van der Waals surface area (Å²) in [5.41, 5.74) is 2.55.